The summed E-state index contributed by atoms with van der Waals surface area (Å²) in [5, 5.41) is 0. The predicted octanol–water partition coefficient (Wildman–Crippen LogP) is 4.18. The Hall–Kier alpha value is -2.53. The molecule has 1 aliphatic carbocycles. The molecule has 2 aliphatic rings. The van der Waals surface area contributed by atoms with Crippen LogP contribution in [0.2, 0.25) is 0 Å². The van der Waals surface area contributed by atoms with Crippen molar-refractivity contribution in [2.75, 3.05) is 49.6 Å². The number of methoxy groups -OCH3 is 1. The van der Waals surface area contributed by atoms with E-state index in [1.807, 2.05) is 30.3 Å². The number of rotatable bonds is 6. The lowest BCUT2D eigenvalue weighted by molar-refractivity contribution is -0.120. The zero-order chi connectivity index (χ0) is 20.8. The molecule has 4 rings (SSSR count). The Labute approximate surface area is 180 Å². The summed E-state index contributed by atoms with van der Waals surface area (Å²) in [5.41, 5.74) is 2.18. The summed E-state index contributed by atoms with van der Waals surface area (Å²) in [5.74, 6) is 1.15. The van der Waals surface area contributed by atoms with E-state index in [0.29, 0.717) is 12.6 Å². The molecule has 30 heavy (non-hydrogen) atoms. The number of ether oxygens (including phenoxy) is 1. The van der Waals surface area contributed by atoms with E-state index >= 15 is 0 Å². The summed E-state index contributed by atoms with van der Waals surface area (Å²) in [6, 6.07) is 18.7. The number of nitrogens with zero attached hydrogens (tertiary/aromatic N) is 3. The fourth-order valence-electron chi connectivity index (χ4n) is 4.79. The third kappa shape index (κ3) is 4.78. The second-order valence-corrected chi connectivity index (χ2v) is 8.33. The van der Waals surface area contributed by atoms with Gasteiger partial charge >= 0.3 is 0 Å². The molecule has 160 valence electrons. The first kappa shape index (κ1) is 20.7. The van der Waals surface area contributed by atoms with Gasteiger partial charge in [0, 0.05) is 37.9 Å². The van der Waals surface area contributed by atoms with Crippen LogP contribution in [0.5, 0.6) is 5.75 Å². The molecule has 0 spiro atoms. The lowest BCUT2D eigenvalue weighted by Crippen LogP contribution is -2.52. The van der Waals surface area contributed by atoms with E-state index in [1.54, 1.807) is 7.11 Å². The number of para-hydroxylation sites is 3. The molecule has 5 heteroatoms. The van der Waals surface area contributed by atoms with Crippen molar-refractivity contribution in [3.63, 3.8) is 0 Å². The molecular formula is C25H33N3O2. The molecular weight excluding hydrogens is 374 g/mol. The second-order valence-electron chi connectivity index (χ2n) is 8.33. The third-order valence-corrected chi connectivity index (χ3v) is 6.40. The van der Waals surface area contributed by atoms with Crippen molar-refractivity contribution in [3.8, 4) is 5.75 Å². The van der Waals surface area contributed by atoms with Crippen molar-refractivity contribution in [2.45, 2.75) is 38.1 Å². The fourth-order valence-corrected chi connectivity index (χ4v) is 4.79. The van der Waals surface area contributed by atoms with Crippen molar-refractivity contribution >= 4 is 17.3 Å². The van der Waals surface area contributed by atoms with Crippen LogP contribution in [0, 0.1) is 0 Å². The van der Waals surface area contributed by atoms with E-state index in [1.165, 1.54) is 19.3 Å². The number of carbonyl (C=O) groups is 1. The van der Waals surface area contributed by atoms with Crippen molar-refractivity contribution < 1.29 is 9.53 Å². The van der Waals surface area contributed by atoms with Crippen LogP contribution in [0.3, 0.4) is 0 Å². The van der Waals surface area contributed by atoms with Crippen LogP contribution in [-0.2, 0) is 4.79 Å². The number of amides is 1. The van der Waals surface area contributed by atoms with Crippen LogP contribution in [0.4, 0.5) is 11.4 Å². The Morgan fingerprint density at radius 1 is 0.933 bits per heavy atom. The molecule has 1 amide bonds. The monoisotopic (exact) mass is 407 g/mol. The van der Waals surface area contributed by atoms with Gasteiger partial charge in [-0.3, -0.25) is 9.69 Å². The minimum Gasteiger partial charge on any atom is -0.495 e. The molecule has 0 radical (unpaired) electrons. The molecule has 5 nitrogen and oxygen atoms in total. The second kappa shape index (κ2) is 9.98. The minimum atomic E-state index is 0.235. The van der Waals surface area contributed by atoms with Gasteiger partial charge in [0.15, 0.2) is 0 Å². The Balaban J connectivity index is 1.40. The predicted molar refractivity (Wildman–Crippen MR) is 122 cm³/mol. The summed E-state index contributed by atoms with van der Waals surface area (Å²) in [6.45, 7) is 4.07. The number of piperazine rings is 1. The topological polar surface area (TPSA) is 36.0 Å². The summed E-state index contributed by atoms with van der Waals surface area (Å²) < 4.78 is 5.52. The lowest BCUT2D eigenvalue weighted by atomic mass is 9.93. The maximum Gasteiger partial charge on any atom is 0.241 e. The van der Waals surface area contributed by atoms with Crippen LogP contribution in [-0.4, -0.2) is 56.7 Å². The Kier molecular flexibility index (Phi) is 6.90. The fraction of sp³-hybridized carbons (Fsp3) is 0.480. The molecule has 0 bridgehead atoms. The number of hydrogen-bond acceptors (Lipinski definition) is 4. The summed E-state index contributed by atoms with van der Waals surface area (Å²) in [7, 11) is 1.72. The van der Waals surface area contributed by atoms with Crippen molar-refractivity contribution in [1.29, 1.82) is 0 Å². The molecule has 0 N–H and O–H groups in total. The van der Waals surface area contributed by atoms with E-state index in [-0.39, 0.29) is 5.91 Å². The van der Waals surface area contributed by atoms with E-state index in [0.717, 1.165) is 56.1 Å². The van der Waals surface area contributed by atoms with Gasteiger partial charge in [0.2, 0.25) is 5.91 Å². The maximum atomic E-state index is 13.4. The zero-order valence-electron chi connectivity index (χ0n) is 18.0. The highest BCUT2D eigenvalue weighted by molar-refractivity contribution is 5.95. The smallest absolute Gasteiger partial charge is 0.241 e. The number of carbonyl (C=O) groups excluding carboxylic acids is 1. The Morgan fingerprint density at radius 2 is 1.60 bits per heavy atom. The minimum absolute atomic E-state index is 0.235. The van der Waals surface area contributed by atoms with Crippen molar-refractivity contribution in [2.24, 2.45) is 0 Å². The van der Waals surface area contributed by atoms with Crippen molar-refractivity contribution in [3.05, 3.63) is 54.6 Å². The first-order valence-corrected chi connectivity index (χ1v) is 11.2. The van der Waals surface area contributed by atoms with Crippen LogP contribution in [0.15, 0.2) is 54.6 Å². The third-order valence-electron chi connectivity index (χ3n) is 6.40. The Morgan fingerprint density at radius 3 is 2.30 bits per heavy atom. The molecule has 0 aromatic heterocycles. The first-order valence-electron chi connectivity index (χ1n) is 11.2. The molecule has 1 saturated carbocycles. The highest BCUT2D eigenvalue weighted by Gasteiger charge is 2.29. The average molecular weight is 408 g/mol. The quantitative estimate of drug-likeness (QED) is 0.720. The summed E-state index contributed by atoms with van der Waals surface area (Å²) in [4.78, 5) is 20.2. The molecule has 2 fully saturated rings. The van der Waals surface area contributed by atoms with Crippen molar-refractivity contribution in [1.82, 2.24) is 4.90 Å². The van der Waals surface area contributed by atoms with Gasteiger partial charge in [-0.1, -0.05) is 49.6 Å². The number of benzene rings is 2. The van der Waals surface area contributed by atoms with Crippen LogP contribution < -0.4 is 14.5 Å². The number of anilines is 2. The maximum absolute atomic E-state index is 13.4. The summed E-state index contributed by atoms with van der Waals surface area (Å²) in [6.07, 6.45) is 5.96. The highest BCUT2D eigenvalue weighted by Crippen LogP contribution is 2.29. The Bertz CT molecular complexity index is 812. The standard InChI is InChI=1S/C25H33N3O2/c1-30-24-15-9-8-14-23(24)27-18-16-26(17-19-27)20-25(29)28(21-10-4-2-5-11-21)22-12-6-3-7-13-22/h2,4-5,8-11,14-15,22H,3,6-7,12-13,16-20H2,1H3. The average Bonchev–Trinajstić information content (AvgIpc) is 2.81. The number of hydrogen-bond donors (Lipinski definition) is 0. The van der Waals surface area contributed by atoms with Gasteiger partial charge in [-0.2, -0.15) is 0 Å². The molecule has 1 saturated heterocycles. The molecule has 1 aliphatic heterocycles. The molecule has 1 heterocycles. The van der Waals surface area contributed by atoms with Gasteiger partial charge in [0.25, 0.3) is 0 Å². The van der Waals surface area contributed by atoms with Gasteiger partial charge in [0.1, 0.15) is 5.75 Å². The van der Waals surface area contributed by atoms with Gasteiger partial charge < -0.3 is 14.5 Å². The molecule has 0 unspecified atom stereocenters. The largest absolute Gasteiger partial charge is 0.495 e. The van der Waals surface area contributed by atoms with E-state index in [2.05, 4.69) is 39.0 Å². The van der Waals surface area contributed by atoms with E-state index in [4.69, 9.17) is 4.74 Å². The van der Waals surface area contributed by atoms with Crippen LogP contribution in [0.25, 0.3) is 0 Å². The SMILES string of the molecule is COc1ccccc1N1CCN(CC(=O)N(c2ccccc2)C2CCCCC2)CC1. The van der Waals surface area contributed by atoms with Gasteiger partial charge in [-0.05, 0) is 37.1 Å². The normalized spacial score (nSPS) is 18.2. The van der Waals surface area contributed by atoms with E-state index in [9.17, 15) is 4.79 Å². The molecule has 2 aromatic rings. The first-order chi connectivity index (χ1) is 14.8. The van der Waals surface area contributed by atoms with Crippen LogP contribution in [0.1, 0.15) is 32.1 Å². The highest BCUT2D eigenvalue weighted by atomic mass is 16.5. The lowest BCUT2D eigenvalue weighted by Gasteiger charge is -2.39. The molecule has 2 aromatic carbocycles. The van der Waals surface area contributed by atoms with Gasteiger partial charge in [0.05, 0.1) is 19.3 Å². The van der Waals surface area contributed by atoms with E-state index < -0.39 is 0 Å². The molecule has 0 atom stereocenters. The summed E-state index contributed by atoms with van der Waals surface area (Å²) >= 11 is 0. The van der Waals surface area contributed by atoms with Gasteiger partial charge in [-0.15, -0.1) is 0 Å². The van der Waals surface area contributed by atoms with Crippen LogP contribution >= 0.6 is 0 Å². The zero-order valence-corrected chi connectivity index (χ0v) is 18.0. The van der Waals surface area contributed by atoms with Gasteiger partial charge in [-0.25, -0.2) is 0 Å².